The van der Waals surface area contributed by atoms with Crippen molar-refractivity contribution in [2.45, 2.75) is 354 Å². The number of phosphoric acid groups is 1. The van der Waals surface area contributed by atoms with E-state index in [4.69, 9.17) is 13.8 Å². The highest BCUT2D eigenvalue weighted by Gasteiger charge is 2.27. The van der Waals surface area contributed by atoms with Crippen LogP contribution in [0.3, 0.4) is 0 Å². The average Bonchev–Trinajstić information content (AvgIpc) is 3.70. The van der Waals surface area contributed by atoms with Crippen LogP contribution in [0.1, 0.15) is 342 Å². The Morgan fingerprint density at radius 2 is 0.736 bits per heavy atom. The number of hydrogen-bond acceptors (Lipinski definition) is 7. The number of carbonyl (C=O) groups excluding carboxylic acids is 2. The maximum Gasteiger partial charge on any atom is 0.306 e. The van der Waals surface area contributed by atoms with Gasteiger partial charge in [0, 0.05) is 12.8 Å². The van der Waals surface area contributed by atoms with Crippen LogP contribution in [0, 0.1) is 0 Å². The molecule has 3 atom stereocenters. The van der Waals surface area contributed by atoms with Gasteiger partial charge in [-0.3, -0.25) is 14.2 Å². The summed E-state index contributed by atoms with van der Waals surface area (Å²) >= 11 is 0. The van der Waals surface area contributed by atoms with Gasteiger partial charge in [-0.1, -0.05) is 331 Å². The standard InChI is InChI=1S/C77H141N2O7P/c1-7-10-13-16-19-22-25-28-30-32-34-36-38-39-41-43-45-47-49-52-55-58-61-64-67-70-77(81)86-75(68-65-62-59-56-53-50-27-24-21-18-15-12-9-3)74(73-85-87(82,83)84-72-71-79(4,5)6)78-76(80)69-66-63-60-57-54-51-48-46-44-42-40-37-35-33-31-29-26-23-20-17-14-11-8-2/h10,13,19,22,28,30,34,36,39,41,45,47,65,68,74-75H,7-9,11-12,14-18,20-21,23-27,29,31-33,35,37-38,40,42-44,46,48-64,66-67,69-73H2,1-6H3,(H-,78,80,82,83)/b13-10-,22-19-,30-28-,36-34-,41-39-,47-45-,68-65+. The summed E-state index contributed by atoms with van der Waals surface area (Å²) in [4.78, 5) is 40.3. The average molecular weight is 1240 g/mol. The minimum absolute atomic E-state index is 0.0262. The van der Waals surface area contributed by atoms with Crippen molar-refractivity contribution in [1.82, 2.24) is 5.32 Å². The molecule has 3 unspecified atom stereocenters. The summed E-state index contributed by atoms with van der Waals surface area (Å²) < 4.78 is 30.5. The first kappa shape index (κ1) is 84.2. The van der Waals surface area contributed by atoms with Crippen LogP contribution >= 0.6 is 7.82 Å². The van der Waals surface area contributed by atoms with Crippen molar-refractivity contribution in [2.75, 3.05) is 40.9 Å². The number of nitrogens with zero attached hydrogens (tertiary/aromatic N) is 1. The quantitative estimate of drug-likeness (QED) is 0.0212. The number of carbonyl (C=O) groups is 2. The summed E-state index contributed by atoms with van der Waals surface area (Å²) in [5.74, 6) is -0.546. The summed E-state index contributed by atoms with van der Waals surface area (Å²) in [6, 6.07) is -0.898. The first-order chi connectivity index (χ1) is 42.4. The molecule has 0 aliphatic heterocycles. The molecule has 1 amide bonds. The van der Waals surface area contributed by atoms with E-state index in [-0.39, 0.29) is 24.9 Å². The van der Waals surface area contributed by atoms with E-state index >= 15 is 0 Å². The molecule has 1 N–H and O–H groups in total. The fourth-order valence-corrected chi connectivity index (χ4v) is 11.4. The van der Waals surface area contributed by atoms with Crippen molar-refractivity contribution >= 4 is 19.7 Å². The molecule has 0 heterocycles. The molecule has 0 aromatic rings. The fraction of sp³-hybridized carbons (Fsp3) is 0.792. The van der Waals surface area contributed by atoms with Crippen LogP contribution in [-0.4, -0.2) is 69.4 Å². The molecular formula is C77H141N2O7P. The minimum atomic E-state index is -4.71. The number of rotatable bonds is 67. The maximum absolute atomic E-state index is 13.6. The third-order valence-electron chi connectivity index (χ3n) is 16.3. The number of phosphoric ester groups is 1. The van der Waals surface area contributed by atoms with E-state index in [1.807, 2.05) is 33.3 Å². The van der Waals surface area contributed by atoms with Crippen molar-refractivity contribution in [3.05, 3.63) is 85.1 Å². The number of ether oxygens (including phenoxy) is 1. The van der Waals surface area contributed by atoms with Gasteiger partial charge < -0.3 is 28.5 Å². The van der Waals surface area contributed by atoms with E-state index in [2.05, 4.69) is 99.0 Å². The molecule has 0 aliphatic rings. The first-order valence-corrected chi connectivity index (χ1v) is 38.4. The van der Waals surface area contributed by atoms with Crippen LogP contribution in [-0.2, 0) is 27.9 Å². The van der Waals surface area contributed by atoms with Gasteiger partial charge in [-0.2, -0.15) is 0 Å². The number of hydrogen-bond donors (Lipinski definition) is 1. The molecule has 0 bridgehead atoms. The van der Waals surface area contributed by atoms with E-state index in [0.29, 0.717) is 23.9 Å². The zero-order chi connectivity index (χ0) is 63.5. The van der Waals surface area contributed by atoms with Crippen LogP contribution in [0.25, 0.3) is 0 Å². The number of quaternary nitrogens is 1. The van der Waals surface area contributed by atoms with Gasteiger partial charge in [-0.25, -0.2) is 0 Å². The zero-order valence-electron chi connectivity index (χ0n) is 58.0. The van der Waals surface area contributed by atoms with Crippen LogP contribution in [0.15, 0.2) is 85.1 Å². The number of allylic oxidation sites excluding steroid dienone is 13. The number of amides is 1. The van der Waals surface area contributed by atoms with Gasteiger partial charge in [-0.15, -0.1) is 0 Å². The largest absolute Gasteiger partial charge is 0.756 e. The van der Waals surface area contributed by atoms with Crippen molar-refractivity contribution in [2.24, 2.45) is 0 Å². The number of likely N-dealkylation sites (N-methyl/N-ethyl adjacent to an activating group) is 1. The van der Waals surface area contributed by atoms with Crippen LogP contribution < -0.4 is 10.2 Å². The van der Waals surface area contributed by atoms with Crippen LogP contribution in [0.5, 0.6) is 0 Å². The van der Waals surface area contributed by atoms with Gasteiger partial charge in [-0.05, 0) is 83.1 Å². The summed E-state index contributed by atoms with van der Waals surface area (Å²) in [5, 5.41) is 3.05. The molecule has 0 radical (unpaired) electrons. The highest BCUT2D eigenvalue weighted by molar-refractivity contribution is 7.45. The number of nitrogens with one attached hydrogen (secondary N) is 1. The second kappa shape index (κ2) is 66.1. The lowest BCUT2D eigenvalue weighted by molar-refractivity contribution is -0.870. The first-order valence-electron chi connectivity index (χ1n) is 36.9. The Morgan fingerprint density at radius 1 is 0.414 bits per heavy atom. The highest BCUT2D eigenvalue weighted by atomic mass is 31.2. The normalized spacial score (nSPS) is 14.0. The Labute approximate surface area is 539 Å². The zero-order valence-corrected chi connectivity index (χ0v) is 58.9. The second-order valence-corrected chi connectivity index (χ2v) is 27.5. The van der Waals surface area contributed by atoms with Gasteiger partial charge in [0.2, 0.25) is 5.91 Å². The van der Waals surface area contributed by atoms with Gasteiger partial charge in [0.05, 0.1) is 33.8 Å². The van der Waals surface area contributed by atoms with Gasteiger partial charge in [0.25, 0.3) is 7.82 Å². The maximum atomic E-state index is 13.6. The molecule has 0 aromatic carbocycles. The van der Waals surface area contributed by atoms with Gasteiger partial charge in [0.15, 0.2) is 0 Å². The van der Waals surface area contributed by atoms with Gasteiger partial charge >= 0.3 is 5.97 Å². The van der Waals surface area contributed by atoms with Crippen molar-refractivity contribution in [1.29, 1.82) is 0 Å². The third kappa shape index (κ3) is 67.4. The Hall–Kier alpha value is -2.81. The smallest absolute Gasteiger partial charge is 0.306 e. The molecule has 0 saturated carbocycles. The van der Waals surface area contributed by atoms with Crippen LogP contribution in [0.2, 0.25) is 0 Å². The lowest BCUT2D eigenvalue weighted by Crippen LogP contribution is -2.47. The summed E-state index contributed by atoms with van der Waals surface area (Å²) in [6.45, 7) is 6.77. The minimum Gasteiger partial charge on any atom is -0.756 e. The van der Waals surface area contributed by atoms with E-state index in [1.54, 1.807) is 0 Å². The summed E-state index contributed by atoms with van der Waals surface area (Å²) in [7, 11) is 1.18. The Balaban J connectivity index is 5.10. The van der Waals surface area contributed by atoms with E-state index in [1.165, 1.54) is 186 Å². The van der Waals surface area contributed by atoms with Crippen molar-refractivity contribution in [3.8, 4) is 0 Å². The summed E-state index contributed by atoms with van der Waals surface area (Å²) in [6.07, 6.45) is 88.5. The molecule has 0 spiro atoms. The van der Waals surface area contributed by atoms with Crippen LogP contribution in [0.4, 0.5) is 0 Å². The Bertz CT molecular complexity index is 1760. The molecule has 506 valence electrons. The lowest BCUT2D eigenvalue weighted by atomic mass is 10.0. The second-order valence-electron chi connectivity index (χ2n) is 26.1. The summed E-state index contributed by atoms with van der Waals surface area (Å²) in [5.41, 5.74) is 0. The molecule has 9 nitrogen and oxygen atoms in total. The molecule has 0 fully saturated rings. The van der Waals surface area contributed by atoms with E-state index in [0.717, 1.165) is 116 Å². The third-order valence-corrected chi connectivity index (χ3v) is 17.3. The topological polar surface area (TPSA) is 114 Å². The molecule has 10 heteroatoms. The monoisotopic (exact) mass is 1240 g/mol. The predicted octanol–water partition coefficient (Wildman–Crippen LogP) is 23.0. The molecule has 0 aromatic heterocycles. The molecular weight excluding hydrogens is 1100 g/mol. The SMILES string of the molecule is CC/C=C\C/C=C\C/C=C\C/C=C\C/C=C\C/C=C\CCCCCCCCC(=O)OC(/C=C/CCCCCCCCCCCCC)C(COP(=O)([O-])OCC[N+](C)(C)C)NC(=O)CCCCCCCCCCCCCCCCCCCCCCCCC. The molecule has 87 heavy (non-hydrogen) atoms. The van der Waals surface area contributed by atoms with E-state index in [9.17, 15) is 19.0 Å². The van der Waals surface area contributed by atoms with Crippen molar-refractivity contribution in [3.63, 3.8) is 0 Å². The number of unbranched alkanes of at least 4 members (excludes halogenated alkanes) is 39. The lowest BCUT2D eigenvalue weighted by Gasteiger charge is -2.30. The number of esters is 1. The molecule has 0 aliphatic carbocycles. The fourth-order valence-electron chi connectivity index (χ4n) is 10.7. The highest BCUT2D eigenvalue weighted by Crippen LogP contribution is 2.38. The molecule has 0 rings (SSSR count). The van der Waals surface area contributed by atoms with Crippen molar-refractivity contribution < 1.29 is 37.3 Å². The Morgan fingerprint density at radius 3 is 1.10 bits per heavy atom. The van der Waals surface area contributed by atoms with E-state index < -0.39 is 26.6 Å². The molecule has 0 saturated heterocycles. The predicted molar refractivity (Wildman–Crippen MR) is 376 cm³/mol. The van der Waals surface area contributed by atoms with Gasteiger partial charge in [0.1, 0.15) is 19.3 Å². The Kier molecular flexibility index (Phi) is 64.0.